The normalized spacial score (nSPS) is 19.4. The lowest BCUT2D eigenvalue weighted by Gasteiger charge is -2.21. The van der Waals surface area contributed by atoms with Crippen molar-refractivity contribution in [1.29, 1.82) is 0 Å². The lowest BCUT2D eigenvalue weighted by Crippen LogP contribution is -2.28. The Bertz CT molecular complexity index is 418. The second-order valence-corrected chi connectivity index (χ2v) is 5.66. The minimum atomic E-state index is -0.965. The molecule has 0 amide bonds. The highest BCUT2D eigenvalue weighted by atomic mass is 16.4. The monoisotopic (exact) mass is 249 g/mol. The van der Waals surface area contributed by atoms with Gasteiger partial charge >= 0.3 is 5.97 Å². The average molecular weight is 249 g/mol. The van der Waals surface area contributed by atoms with Crippen molar-refractivity contribution < 1.29 is 14.3 Å². The van der Waals surface area contributed by atoms with E-state index in [1.807, 2.05) is 0 Å². The molecule has 0 radical (unpaired) electrons. The number of hydrogen-bond acceptors (Lipinski definition) is 3. The van der Waals surface area contributed by atoms with Crippen LogP contribution in [0, 0.1) is 11.8 Å². The largest absolute Gasteiger partial charge is 0.475 e. The number of carboxylic acids is 1. The number of nitrogens with zero attached hydrogens (tertiary/aromatic N) is 1. The van der Waals surface area contributed by atoms with E-state index >= 15 is 0 Å². The zero-order chi connectivity index (χ0) is 12.5. The summed E-state index contributed by atoms with van der Waals surface area (Å²) in [7, 11) is 0. The van der Waals surface area contributed by atoms with Crippen molar-refractivity contribution in [3.8, 4) is 0 Å². The Labute approximate surface area is 107 Å². The Hall–Kier alpha value is -1.29. The Morgan fingerprint density at radius 1 is 1.28 bits per heavy atom. The summed E-state index contributed by atoms with van der Waals surface area (Å²) in [5.41, 5.74) is 0.809. The van der Waals surface area contributed by atoms with E-state index in [2.05, 4.69) is 4.90 Å². The van der Waals surface area contributed by atoms with E-state index in [4.69, 9.17) is 9.52 Å². The van der Waals surface area contributed by atoms with Crippen molar-refractivity contribution in [2.45, 2.75) is 32.2 Å². The van der Waals surface area contributed by atoms with Gasteiger partial charge < -0.3 is 9.52 Å². The Morgan fingerprint density at radius 2 is 1.89 bits per heavy atom. The summed E-state index contributed by atoms with van der Waals surface area (Å²) < 4.78 is 5.04. The zero-order valence-corrected chi connectivity index (χ0v) is 10.5. The molecule has 4 heteroatoms. The second kappa shape index (κ2) is 4.76. The van der Waals surface area contributed by atoms with E-state index in [0.29, 0.717) is 6.54 Å². The number of furan rings is 1. The van der Waals surface area contributed by atoms with E-state index < -0.39 is 5.97 Å². The molecule has 0 aliphatic heterocycles. The van der Waals surface area contributed by atoms with Crippen LogP contribution in [0.1, 0.15) is 41.8 Å². The number of aromatic carboxylic acids is 1. The van der Waals surface area contributed by atoms with Crippen LogP contribution in [0.4, 0.5) is 0 Å². The van der Waals surface area contributed by atoms with Crippen LogP contribution in [0.25, 0.3) is 0 Å². The van der Waals surface area contributed by atoms with Gasteiger partial charge in [0.15, 0.2) is 0 Å². The van der Waals surface area contributed by atoms with E-state index in [1.165, 1.54) is 31.9 Å². The second-order valence-electron chi connectivity index (χ2n) is 5.66. The molecule has 0 unspecified atom stereocenters. The lowest BCUT2D eigenvalue weighted by molar-refractivity contribution is 0.0659. The Balaban J connectivity index is 1.65. The molecule has 1 aromatic heterocycles. The Kier molecular flexibility index (Phi) is 3.12. The molecular formula is C14H19NO3. The lowest BCUT2D eigenvalue weighted by atomic mass is 10.2. The van der Waals surface area contributed by atoms with Crippen molar-refractivity contribution in [2.75, 3.05) is 13.1 Å². The standard InChI is InChI=1S/C14H19NO3/c16-14(17)13-12(5-6-18-13)9-15(7-10-1-2-10)8-11-3-4-11/h5-6,10-11H,1-4,7-9H2,(H,16,17). The van der Waals surface area contributed by atoms with Crippen LogP contribution in [0.2, 0.25) is 0 Å². The third kappa shape index (κ3) is 2.93. The highest BCUT2D eigenvalue weighted by Gasteiger charge is 2.30. The van der Waals surface area contributed by atoms with Crippen LogP contribution < -0.4 is 0 Å². The van der Waals surface area contributed by atoms with Gasteiger partial charge in [-0.25, -0.2) is 4.79 Å². The summed E-state index contributed by atoms with van der Waals surface area (Å²) in [6, 6.07) is 1.79. The first-order chi connectivity index (χ1) is 8.72. The molecular weight excluding hydrogens is 230 g/mol. The molecule has 2 fully saturated rings. The van der Waals surface area contributed by atoms with E-state index in [9.17, 15) is 4.79 Å². The molecule has 0 bridgehead atoms. The first-order valence-corrected chi connectivity index (χ1v) is 6.74. The fourth-order valence-electron chi connectivity index (χ4n) is 2.42. The summed E-state index contributed by atoms with van der Waals surface area (Å²) >= 11 is 0. The molecule has 3 rings (SSSR count). The summed E-state index contributed by atoms with van der Waals surface area (Å²) in [4.78, 5) is 13.4. The number of carboxylic acid groups (broad SMARTS) is 1. The van der Waals surface area contributed by atoms with Gasteiger partial charge in [-0.15, -0.1) is 0 Å². The third-order valence-corrected chi connectivity index (χ3v) is 3.76. The molecule has 2 aliphatic carbocycles. The third-order valence-electron chi connectivity index (χ3n) is 3.76. The molecule has 1 heterocycles. The first kappa shape index (κ1) is 11.8. The number of carbonyl (C=O) groups is 1. The molecule has 0 atom stereocenters. The molecule has 1 aromatic rings. The molecule has 4 nitrogen and oxygen atoms in total. The van der Waals surface area contributed by atoms with Gasteiger partial charge in [-0.1, -0.05) is 0 Å². The van der Waals surface area contributed by atoms with Crippen LogP contribution in [0.5, 0.6) is 0 Å². The molecule has 0 aromatic carbocycles. The van der Waals surface area contributed by atoms with Gasteiger partial charge in [-0.2, -0.15) is 0 Å². The van der Waals surface area contributed by atoms with E-state index in [-0.39, 0.29) is 5.76 Å². The van der Waals surface area contributed by atoms with Gasteiger partial charge in [0, 0.05) is 25.2 Å². The number of hydrogen-bond donors (Lipinski definition) is 1. The van der Waals surface area contributed by atoms with Gasteiger partial charge in [-0.05, 0) is 43.6 Å². The summed E-state index contributed by atoms with van der Waals surface area (Å²) in [5, 5.41) is 9.04. The van der Waals surface area contributed by atoms with Gasteiger partial charge in [-0.3, -0.25) is 4.90 Å². The summed E-state index contributed by atoms with van der Waals surface area (Å²) in [5.74, 6) is 0.812. The highest BCUT2D eigenvalue weighted by Crippen LogP contribution is 2.34. The zero-order valence-electron chi connectivity index (χ0n) is 10.5. The minimum Gasteiger partial charge on any atom is -0.475 e. The predicted octanol–water partition coefficient (Wildman–Crippen LogP) is 2.60. The predicted molar refractivity (Wildman–Crippen MR) is 66.4 cm³/mol. The van der Waals surface area contributed by atoms with Crippen molar-refractivity contribution in [3.05, 3.63) is 23.7 Å². The molecule has 98 valence electrons. The molecule has 2 aliphatic rings. The quantitative estimate of drug-likeness (QED) is 0.807. The Morgan fingerprint density at radius 3 is 2.39 bits per heavy atom. The van der Waals surface area contributed by atoms with Crippen LogP contribution in [-0.4, -0.2) is 29.1 Å². The van der Waals surface area contributed by atoms with Crippen molar-refractivity contribution in [1.82, 2.24) is 4.90 Å². The van der Waals surface area contributed by atoms with Crippen LogP contribution in [0.3, 0.4) is 0 Å². The van der Waals surface area contributed by atoms with Gasteiger partial charge in [0.2, 0.25) is 5.76 Å². The molecule has 0 spiro atoms. The summed E-state index contributed by atoms with van der Waals surface area (Å²) in [6.45, 7) is 2.94. The van der Waals surface area contributed by atoms with Gasteiger partial charge in [0.1, 0.15) is 0 Å². The molecule has 2 saturated carbocycles. The maximum atomic E-state index is 11.0. The maximum absolute atomic E-state index is 11.0. The van der Waals surface area contributed by atoms with Crippen LogP contribution >= 0.6 is 0 Å². The molecule has 1 N–H and O–H groups in total. The smallest absolute Gasteiger partial charge is 0.372 e. The SMILES string of the molecule is O=C(O)c1occc1CN(CC1CC1)CC1CC1. The molecule has 18 heavy (non-hydrogen) atoms. The van der Waals surface area contributed by atoms with Crippen LogP contribution in [0.15, 0.2) is 16.7 Å². The molecule has 0 saturated heterocycles. The van der Waals surface area contributed by atoms with Gasteiger partial charge in [0.25, 0.3) is 0 Å². The highest BCUT2D eigenvalue weighted by molar-refractivity contribution is 5.86. The fraction of sp³-hybridized carbons (Fsp3) is 0.643. The maximum Gasteiger partial charge on any atom is 0.372 e. The first-order valence-electron chi connectivity index (χ1n) is 6.74. The fourth-order valence-corrected chi connectivity index (χ4v) is 2.42. The van der Waals surface area contributed by atoms with Crippen molar-refractivity contribution in [3.63, 3.8) is 0 Å². The number of rotatable bonds is 7. The minimum absolute atomic E-state index is 0.103. The summed E-state index contributed by atoms with van der Waals surface area (Å²) in [6.07, 6.45) is 6.80. The van der Waals surface area contributed by atoms with Crippen molar-refractivity contribution >= 4 is 5.97 Å². The average Bonchev–Trinajstić information content (AvgIpc) is 3.22. The van der Waals surface area contributed by atoms with Crippen molar-refractivity contribution in [2.24, 2.45) is 11.8 Å². The van der Waals surface area contributed by atoms with E-state index in [0.717, 1.165) is 30.5 Å². The van der Waals surface area contributed by atoms with E-state index in [1.54, 1.807) is 6.07 Å². The topological polar surface area (TPSA) is 53.7 Å². The van der Waals surface area contributed by atoms with Crippen LogP contribution in [-0.2, 0) is 6.54 Å². The van der Waals surface area contributed by atoms with Gasteiger partial charge in [0.05, 0.1) is 6.26 Å².